The van der Waals surface area contributed by atoms with Crippen LogP contribution in [-0.2, 0) is 24.8 Å². The van der Waals surface area contributed by atoms with E-state index in [1.165, 1.54) is 6.92 Å². The molecule has 3 aromatic carbocycles. The summed E-state index contributed by atoms with van der Waals surface area (Å²) >= 11 is 0.816. The normalized spacial score (nSPS) is 11.4. The van der Waals surface area contributed by atoms with Gasteiger partial charge < -0.3 is 9.57 Å². The molecule has 0 bridgehead atoms. The second-order valence-electron chi connectivity index (χ2n) is 8.09. The second-order valence-corrected chi connectivity index (χ2v) is 8.84. The first-order valence-corrected chi connectivity index (χ1v) is 12.7. The molecule has 0 unspecified atom stereocenters. The van der Waals surface area contributed by atoms with Gasteiger partial charge in [-0.3, -0.25) is 20.2 Å². The van der Waals surface area contributed by atoms with Gasteiger partial charge in [0.25, 0.3) is 5.91 Å². The van der Waals surface area contributed by atoms with Crippen molar-refractivity contribution in [1.82, 2.24) is 14.7 Å². The Morgan fingerprint density at radius 2 is 1.38 bits per heavy atom. The van der Waals surface area contributed by atoms with E-state index >= 15 is 0 Å². The molecule has 0 saturated carbocycles. The Morgan fingerprint density at radius 1 is 0.872 bits per heavy atom. The topological polar surface area (TPSA) is 132 Å². The molecule has 2 N–H and O–H groups in total. The number of carbonyl (C=O) groups excluding carboxylic acids is 3. The van der Waals surface area contributed by atoms with Crippen LogP contribution in [0, 0.1) is 0 Å². The molecule has 3 amide bonds. The molecule has 0 aliphatic carbocycles. The van der Waals surface area contributed by atoms with Gasteiger partial charge in [0, 0.05) is 35.1 Å². The van der Waals surface area contributed by atoms with Crippen molar-refractivity contribution >= 4 is 40.3 Å². The second kappa shape index (κ2) is 12.6. The molecule has 4 aromatic rings. The van der Waals surface area contributed by atoms with E-state index in [4.69, 9.17) is 9.57 Å². The standard InChI is InChI=1S/C28H25N5O5S/c1-3-37-27(36)31-26-30-24(33-39-26)23(25(35)29-19(2)34)32-38-28(20-13-7-4-8-14-20,21-15-9-5-10-16-21)22-17-11-6-12-18-22/h4-18H,3H2,1-2H3,(H,29,34,35)(H,30,31,33,36)/b32-23+. The van der Waals surface area contributed by atoms with E-state index in [9.17, 15) is 14.4 Å². The molecule has 0 fully saturated rings. The van der Waals surface area contributed by atoms with E-state index in [1.54, 1.807) is 6.92 Å². The summed E-state index contributed by atoms with van der Waals surface area (Å²) in [6, 6.07) is 28.3. The monoisotopic (exact) mass is 543 g/mol. The maximum absolute atomic E-state index is 13.1. The van der Waals surface area contributed by atoms with Gasteiger partial charge in [0.15, 0.2) is 0 Å². The number of nitrogens with zero attached hydrogens (tertiary/aromatic N) is 3. The Kier molecular flexibility index (Phi) is 8.75. The number of benzene rings is 3. The summed E-state index contributed by atoms with van der Waals surface area (Å²) < 4.78 is 9.02. The zero-order chi connectivity index (χ0) is 27.7. The molecule has 198 valence electrons. The van der Waals surface area contributed by atoms with Crippen molar-refractivity contribution in [3.63, 3.8) is 0 Å². The number of carbonyl (C=O) groups is 3. The molecule has 0 radical (unpaired) electrons. The summed E-state index contributed by atoms with van der Waals surface area (Å²) in [6.45, 7) is 3.03. The number of ether oxygens (including phenoxy) is 1. The molecule has 0 spiro atoms. The fraction of sp³-hybridized carbons (Fsp3) is 0.143. The molecular formula is C28H25N5O5S. The highest BCUT2D eigenvalue weighted by atomic mass is 32.1. The first-order chi connectivity index (χ1) is 18.9. The molecule has 1 heterocycles. The quantitative estimate of drug-likeness (QED) is 0.181. The molecule has 4 rings (SSSR count). The molecule has 11 heteroatoms. The third kappa shape index (κ3) is 6.33. The minimum absolute atomic E-state index is 0.0761. The van der Waals surface area contributed by atoms with Crippen LogP contribution >= 0.6 is 11.5 Å². The molecular weight excluding hydrogens is 518 g/mol. The number of aromatic nitrogens is 2. The number of anilines is 1. The van der Waals surface area contributed by atoms with Crippen LogP contribution in [0.5, 0.6) is 0 Å². The van der Waals surface area contributed by atoms with Crippen LogP contribution < -0.4 is 10.6 Å². The number of rotatable bonds is 9. The lowest BCUT2D eigenvalue weighted by Gasteiger charge is -2.33. The van der Waals surface area contributed by atoms with E-state index < -0.39 is 23.5 Å². The number of imide groups is 1. The Labute approximate surface area is 228 Å². The van der Waals surface area contributed by atoms with Gasteiger partial charge in [0.1, 0.15) is 0 Å². The number of hydrogen-bond donors (Lipinski definition) is 2. The largest absolute Gasteiger partial charge is 0.450 e. The Hall–Kier alpha value is -4.90. The molecule has 0 aliphatic rings. The number of oxime groups is 1. The Bertz CT molecular complexity index is 1360. The van der Waals surface area contributed by atoms with Crippen LogP contribution in [0.4, 0.5) is 9.93 Å². The highest BCUT2D eigenvalue weighted by Gasteiger charge is 2.40. The maximum Gasteiger partial charge on any atom is 0.413 e. The summed E-state index contributed by atoms with van der Waals surface area (Å²) in [7, 11) is 0. The van der Waals surface area contributed by atoms with E-state index in [-0.39, 0.29) is 23.3 Å². The fourth-order valence-electron chi connectivity index (χ4n) is 3.82. The lowest BCUT2D eigenvalue weighted by Crippen LogP contribution is -2.37. The smallest absolute Gasteiger partial charge is 0.413 e. The van der Waals surface area contributed by atoms with E-state index in [0.717, 1.165) is 28.2 Å². The SMILES string of the molecule is CCOC(=O)Nc1nc(/C(=N\OC(c2ccccc2)(c2ccccc2)c2ccccc2)C(=O)NC(C)=O)ns1. The summed E-state index contributed by atoms with van der Waals surface area (Å²) in [5.41, 5.74) is 0.591. The van der Waals surface area contributed by atoms with Crippen LogP contribution in [0.2, 0.25) is 0 Å². The van der Waals surface area contributed by atoms with Gasteiger partial charge in [-0.15, -0.1) is 0 Å². The predicted molar refractivity (Wildman–Crippen MR) is 146 cm³/mol. The minimum Gasteiger partial charge on any atom is -0.450 e. The molecule has 0 atom stereocenters. The van der Waals surface area contributed by atoms with Crippen molar-refractivity contribution in [2.75, 3.05) is 11.9 Å². The third-order valence-electron chi connectivity index (χ3n) is 5.44. The van der Waals surface area contributed by atoms with E-state index in [2.05, 4.69) is 25.1 Å². The van der Waals surface area contributed by atoms with Gasteiger partial charge in [-0.1, -0.05) is 96.2 Å². The van der Waals surface area contributed by atoms with Gasteiger partial charge in [-0.2, -0.15) is 9.36 Å². The van der Waals surface area contributed by atoms with Gasteiger partial charge in [-0.25, -0.2) is 4.79 Å². The maximum atomic E-state index is 13.1. The van der Waals surface area contributed by atoms with Crippen LogP contribution in [0.25, 0.3) is 0 Å². The van der Waals surface area contributed by atoms with Gasteiger partial charge in [0.05, 0.1) is 6.61 Å². The summed E-state index contributed by atoms with van der Waals surface area (Å²) in [6.07, 6.45) is -0.723. The fourth-order valence-corrected chi connectivity index (χ4v) is 4.38. The summed E-state index contributed by atoms with van der Waals surface area (Å²) in [5, 5.41) is 8.97. The van der Waals surface area contributed by atoms with Crippen molar-refractivity contribution in [2.24, 2.45) is 5.16 Å². The van der Waals surface area contributed by atoms with E-state index in [0.29, 0.717) is 0 Å². The molecule has 39 heavy (non-hydrogen) atoms. The average molecular weight is 544 g/mol. The number of amides is 3. The predicted octanol–water partition coefficient (Wildman–Crippen LogP) is 4.48. The van der Waals surface area contributed by atoms with Crippen LogP contribution in [0.15, 0.2) is 96.2 Å². The average Bonchev–Trinajstić information content (AvgIpc) is 3.40. The summed E-state index contributed by atoms with van der Waals surface area (Å²) in [5.74, 6) is -1.62. The first kappa shape index (κ1) is 27.1. The molecule has 10 nitrogen and oxygen atoms in total. The summed E-state index contributed by atoms with van der Waals surface area (Å²) in [4.78, 5) is 47.2. The number of nitrogens with one attached hydrogen (secondary N) is 2. The van der Waals surface area contributed by atoms with Gasteiger partial charge in [-0.05, 0) is 6.92 Å². The van der Waals surface area contributed by atoms with Crippen LogP contribution in [-0.4, -0.2) is 39.6 Å². The lowest BCUT2D eigenvalue weighted by atomic mass is 9.80. The molecule has 0 saturated heterocycles. The molecule has 0 aliphatic heterocycles. The van der Waals surface area contributed by atoms with Gasteiger partial charge in [0.2, 0.25) is 28.2 Å². The van der Waals surface area contributed by atoms with Crippen LogP contribution in [0.3, 0.4) is 0 Å². The first-order valence-electron chi connectivity index (χ1n) is 12.0. The van der Waals surface area contributed by atoms with Crippen molar-refractivity contribution in [3.8, 4) is 0 Å². The third-order valence-corrected chi connectivity index (χ3v) is 6.07. The van der Waals surface area contributed by atoms with E-state index in [1.807, 2.05) is 91.0 Å². The lowest BCUT2D eigenvalue weighted by molar-refractivity contribution is -0.125. The van der Waals surface area contributed by atoms with Crippen molar-refractivity contribution in [3.05, 3.63) is 114 Å². The number of hydrogen-bond acceptors (Lipinski definition) is 9. The van der Waals surface area contributed by atoms with Crippen molar-refractivity contribution in [1.29, 1.82) is 0 Å². The van der Waals surface area contributed by atoms with Gasteiger partial charge >= 0.3 is 6.09 Å². The Balaban J connectivity index is 1.86. The van der Waals surface area contributed by atoms with Crippen molar-refractivity contribution in [2.45, 2.75) is 19.4 Å². The highest BCUT2D eigenvalue weighted by Crippen LogP contribution is 2.40. The Morgan fingerprint density at radius 3 is 1.85 bits per heavy atom. The van der Waals surface area contributed by atoms with Crippen molar-refractivity contribution < 1.29 is 24.0 Å². The zero-order valence-corrected chi connectivity index (χ0v) is 22.0. The van der Waals surface area contributed by atoms with Crippen LogP contribution in [0.1, 0.15) is 36.4 Å². The highest BCUT2D eigenvalue weighted by molar-refractivity contribution is 7.10. The molecule has 1 aromatic heterocycles. The zero-order valence-electron chi connectivity index (χ0n) is 21.2. The minimum atomic E-state index is -1.28.